The number of aliphatic hydroxyl groups is 1. The number of nitrogens with zero attached hydrogens (tertiary/aromatic N) is 4. The Morgan fingerprint density at radius 2 is 1.95 bits per heavy atom. The van der Waals surface area contributed by atoms with Gasteiger partial charge in [0.25, 0.3) is 5.91 Å². The highest BCUT2D eigenvalue weighted by atomic mass is 16.5. The number of carbonyl (C=O) groups excluding carboxylic acids is 1. The van der Waals surface area contributed by atoms with E-state index in [9.17, 15) is 9.90 Å². The summed E-state index contributed by atoms with van der Waals surface area (Å²) >= 11 is 0. The summed E-state index contributed by atoms with van der Waals surface area (Å²) in [5, 5.41) is 11.1. The SMILES string of the molecule is COc1cc(C(=O)N2C[C@H]3CC[C@@H]2[C@@H]3N)cc2nc(-c3cc4ccc(C5CC(O)C5)cc4n3CC3CC3)n(C)c12. The van der Waals surface area contributed by atoms with Crippen molar-refractivity contribution in [3.8, 4) is 17.3 Å². The number of aryl methyl sites for hydroxylation is 1. The molecule has 3 N–H and O–H groups in total. The van der Waals surface area contributed by atoms with Gasteiger partial charge in [0.1, 0.15) is 11.3 Å². The lowest BCUT2D eigenvalue weighted by Crippen LogP contribution is -2.41. The summed E-state index contributed by atoms with van der Waals surface area (Å²) in [5.74, 6) is 3.09. The molecule has 2 aromatic heterocycles. The summed E-state index contributed by atoms with van der Waals surface area (Å²) in [7, 11) is 3.69. The zero-order valence-corrected chi connectivity index (χ0v) is 23.2. The first kappa shape index (κ1) is 24.4. The third kappa shape index (κ3) is 3.65. The van der Waals surface area contributed by atoms with Crippen LogP contribution in [-0.4, -0.2) is 61.9 Å². The first-order valence-corrected chi connectivity index (χ1v) is 14.8. The Morgan fingerprint density at radius 1 is 1.12 bits per heavy atom. The van der Waals surface area contributed by atoms with E-state index in [0.29, 0.717) is 29.1 Å². The van der Waals surface area contributed by atoms with Crippen molar-refractivity contribution < 1.29 is 14.6 Å². The number of fused-ring (bicyclic) bond motifs is 4. The molecule has 1 saturated heterocycles. The molecule has 1 aliphatic heterocycles. The summed E-state index contributed by atoms with van der Waals surface area (Å²) in [6.45, 7) is 1.71. The number of methoxy groups -OCH3 is 1. The number of rotatable bonds is 6. The highest BCUT2D eigenvalue weighted by Crippen LogP contribution is 2.42. The number of aliphatic hydroxyl groups excluding tert-OH is 1. The minimum absolute atomic E-state index is 0.0199. The minimum Gasteiger partial charge on any atom is -0.494 e. The molecule has 8 rings (SSSR count). The molecule has 0 spiro atoms. The van der Waals surface area contributed by atoms with Gasteiger partial charge in [-0.1, -0.05) is 12.1 Å². The number of amides is 1. The van der Waals surface area contributed by atoms with Crippen LogP contribution in [0.15, 0.2) is 36.4 Å². The molecule has 3 aliphatic carbocycles. The summed E-state index contributed by atoms with van der Waals surface area (Å²) in [6.07, 6.45) is 6.14. The van der Waals surface area contributed by atoms with E-state index in [1.54, 1.807) is 7.11 Å². The maximum Gasteiger partial charge on any atom is 0.254 e. The molecule has 4 fully saturated rings. The summed E-state index contributed by atoms with van der Waals surface area (Å²) < 4.78 is 10.4. The molecule has 0 unspecified atom stereocenters. The van der Waals surface area contributed by atoms with E-state index in [0.717, 1.165) is 61.3 Å². The van der Waals surface area contributed by atoms with E-state index in [-0.39, 0.29) is 24.1 Å². The van der Waals surface area contributed by atoms with Crippen molar-refractivity contribution in [1.82, 2.24) is 19.0 Å². The lowest BCUT2D eigenvalue weighted by molar-refractivity contribution is 0.0700. The van der Waals surface area contributed by atoms with Gasteiger partial charge in [0.15, 0.2) is 5.82 Å². The molecule has 8 nitrogen and oxygen atoms in total. The summed E-state index contributed by atoms with van der Waals surface area (Å²) in [4.78, 5) is 20.8. The van der Waals surface area contributed by atoms with Crippen LogP contribution in [0.2, 0.25) is 0 Å². The Balaban J connectivity index is 1.23. The average molecular weight is 540 g/mol. The maximum absolute atomic E-state index is 13.7. The number of likely N-dealkylation sites (tertiary alicyclic amines) is 1. The fourth-order valence-electron chi connectivity index (χ4n) is 7.59. The number of ether oxygens (including phenoxy) is 1. The maximum atomic E-state index is 13.7. The van der Waals surface area contributed by atoms with Crippen LogP contribution in [0.5, 0.6) is 5.75 Å². The molecule has 4 aliphatic rings. The lowest BCUT2D eigenvalue weighted by atomic mass is 9.77. The molecule has 2 aromatic carbocycles. The van der Waals surface area contributed by atoms with Crippen LogP contribution in [0.1, 0.15) is 60.4 Å². The fourth-order valence-corrected chi connectivity index (χ4v) is 7.59. The zero-order chi connectivity index (χ0) is 27.3. The van der Waals surface area contributed by atoms with Gasteiger partial charge < -0.3 is 29.6 Å². The van der Waals surface area contributed by atoms with E-state index in [1.807, 2.05) is 24.1 Å². The molecule has 3 saturated carbocycles. The Bertz CT molecular complexity index is 1660. The molecular weight excluding hydrogens is 502 g/mol. The topological polar surface area (TPSA) is 98.5 Å². The molecule has 0 radical (unpaired) electrons. The minimum atomic E-state index is -0.168. The Hall–Kier alpha value is -3.36. The van der Waals surface area contributed by atoms with Crippen molar-refractivity contribution in [1.29, 1.82) is 0 Å². The number of piperidine rings is 1. The third-order valence-electron chi connectivity index (χ3n) is 10.2. The molecular formula is C32H37N5O3. The average Bonchev–Trinajstić information content (AvgIpc) is 3.35. The van der Waals surface area contributed by atoms with Crippen LogP contribution in [0.25, 0.3) is 33.5 Å². The number of benzene rings is 2. The number of imidazole rings is 1. The van der Waals surface area contributed by atoms with Crippen molar-refractivity contribution in [2.45, 2.75) is 69.2 Å². The second-order valence-electron chi connectivity index (χ2n) is 12.7. The van der Waals surface area contributed by atoms with Gasteiger partial charge in [-0.25, -0.2) is 4.98 Å². The van der Waals surface area contributed by atoms with Gasteiger partial charge in [-0.2, -0.15) is 0 Å². The van der Waals surface area contributed by atoms with Crippen LogP contribution < -0.4 is 10.5 Å². The molecule has 8 heteroatoms. The largest absolute Gasteiger partial charge is 0.494 e. The van der Waals surface area contributed by atoms with Crippen molar-refractivity contribution in [2.75, 3.05) is 13.7 Å². The first-order chi connectivity index (χ1) is 19.4. The lowest BCUT2D eigenvalue weighted by Gasteiger charge is -2.31. The van der Waals surface area contributed by atoms with E-state index in [4.69, 9.17) is 15.5 Å². The molecule has 4 aromatic rings. The van der Waals surface area contributed by atoms with Gasteiger partial charge in [-0.3, -0.25) is 4.79 Å². The van der Waals surface area contributed by atoms with Gasteiger partial charge in [0.2, 0.25) is 0 Å². The van der Waals surface area contributed by atoms with Crippen LogP contribution in [0.4, 0.5) is 0 Å². The summed E-state index contributed by atoms with van der Waals surface area (Å²) in [5.41, 5.74) is 12.3. The van der Waals surface area contributed by atoms with Crippen molar-refractivity contribution in [3.05, 3.63) is 47.5 Å². The van der Waals surface area contributed by atoms with E-state index in [2.05, 4.69) is 33.4 Å². The standard InChI is InChI=1S/C32H37N5O3/c1-35-30-24(11-22(14-28(30)40-2)32(39)37-16-20-7-8-25(37)29(20)33)34-31(35)27-13-19-6-5-18(21-9-23(38)10-21)12-26(19)36(27)15-17-3-4-17/h5-6,11-14,17,20-21,23,25,29,38H,3-4,7-10,15-16,33H2,1-2H3/t20-,21?,23?,25-,29-/m1/s1. The smallest absolute Gasteiger partial charge is 0.254 e. The van der Waals surface area contributed by atoms with Crippen molar-refractivity contribution >= 4 is 27.8 Å². The third-order valence-corrected chi connectivity index (χ3v) is 10.2. The molecule has 40 heavy (non-hydrogen) atoms. The molecule has 208 valence electrons. The second-order valence-corrected chi connectivity index (χ2v) is 12.7. The van der Waals surface area contributed by atoms with E-state index in [1.165, 1.54) is 29.3 Å². The van der Waals surface area contributed by atoms with Crippen LogP contribution in [0.3, 0.4) is 0 Å². The number of nitrogens with two attached hydrogens (primary N) is 1. The Kier molecular flexibility index (Phi) is 5.39. The molecule has 3 heterocycles. The fraction of sp³-hybridized carbons (Fsp3) is 0.500. The predicted octanol–water partition coefficient (Wildman–Crippen LogP) is 4.41. The normalized spacial score (nSPS) is 27.6. The van der Waals surface area contributed by atoms with E-state index >= 15 is 0 Å². The van der Waals surface area contributed by atoms with Gasteiger partial charge in [0.05, 0.1) is 24.4 Å². The van der Waals surface area contributed by atoms with Crippen LogP contribution in [0, 0.1) is 11.8 Å². The van der Waals surface area contributed by atoms with E-state index < -0.39 is 0 Å². The monoisotopic (exact) mass is 539 g/mol. The van der Waals surface area contributed by atoms with Crippen LogP contribution >= 0.6 is 0 Å². The summed E-state index contributed by atoms with van der Waals surface area (Å²) in [6, 6.07) is 13.0. The highest BCUT2D eigenvalue weighted by Gasteiger charge is 2.47. The van der Waals surface area contributed by atoms with Gasteiger partial charge in [-0.15, -0.1) is 0 Å². The van der Waals surface area contributed by atoms with Crippen molar-refractivity contribution in [2.24, 2.45) is 24.6 Å². The second kappa shape index (κ2) is 8.82. The first-order valence-electron chi connectivity index (χ1n) is 14.8. The number of hydrogen-bond donors (Lipinski definition) is 2. The molecule has 3 atom stereocenters. The van der Waals surface area contributed by atoms with Gasteiger partial charge in [-0.05, 0) is 86.1 Å². The number of aromatic nitrogens is 3. The zero-order valence-electron chi connectivity index (χ0n) is 23.2. The number of carbonyl (C=O) groups is 1. The highest BCUT2D eigenvalue weighted by molar-refractivity contribution is 6.00. The molecule has 1 amide bonds. The quantitative estimate of drug-likeness (QED) is 0.378. The van der Waals surface area contributed by atoms with Crippen LogP contribution in [-0.2, 0) is 13.6 Å². The number of hydrogen-bond acceptors (Lipinski definition) is 5. The van der Waals surface area contributed by atoms with Gasteiger partial charge in [0, 0.05) is 48.7 Å². The Labute approximate surface area is 233 Å². The predicted molar refractivity (Wildman–Crippen MR) is 154 cm³/mol. The Morgan fingerprint density at radius 3 is 2.62 bits per heavy atom. The van der Waals surface area contributed by atoms with Gasteiger partial charge >= 0.3 is 0 Å². The molecule has 2 bridgehead atoms. The van der Waals surface area contributed by atoms with Crippen molar-refractivity contribution in [3.63, 3.8) is 0 Å².